The van der Waals surface area contributed by atoms with Crippen molar-refractivity contribution in [1.29, 1.82) is 0 Å². The zero-order valence-electron chi connectivity index (χ0n) is 10.2. The molecule has 1 aliphatic rings. The van der Waals surface area contributed by atoms with Crippen LogP contribution in [0.4, 0.5) is 5.13 Å². The second kappa shape index (κ2) is 5.64. The topological polar surface area (TPSA) is 28.2 Å². The molecule has 0 saturated carbocycles. The van der Waals surface area contributed by atoms with Crippen LogP contribution in [-0.2, 0) is 0 Å². The van der Waals surface area contributed by atoms with E-state index in [1.54, 1.807) is 11.3 Å². The summed E-state index contributed by atoms with van der Waals surface area (Å²) < 4.78 is 0. The van der Waals surface area contributed by atoms with Gasteiger partial charge in [-0.2, -0.15) is 0 Å². The molecule has 1 saturated heterocycles. The number of nitrogens with zero attached hydrogens (tertiary/aromatic N) is 2. The molecule has 1 N–H and O–H groups in total. The van der Waals surface area contributed by atoms with E-state index in [1.807, 2.05) is 0 Å². The third-order valence-electron chi connectivity index (χ3n) is 3.11. The van der Waals surface area contributed by atoms with Crippen LogP contribution in [0.1, 0.15) is 31.9 Å². The number of anilines is 1. The number of hydrogen-bond acceptors (Lipinski definition) is 4. The minimum atomic E-state index is 0.651. The fourth-order valence-corrected chi connectivity index (χ4v) is 3.05. The van der Waals surface area contributed by atoms with Crippen molar-refractivity contribution < 1.29 is 0 Å². The number of piperidine rings is 1. The molecule has 1 aliphatic heterocycles. The first-order valence-corrected chi connectivity index (χ1v) is 7.08. The zero-order valence-corrected chi connectivity index (χ0v) is 11.0. The highest BCUT2D eigenvalue weighted by Crippen LogP contribution is 2.21. The van der Waals surface area contributed by atoms with Crippen molar-refractivity contribution in [1.82, 2.24) is 10.3 Å². The molecule has 1 atom stereocenters. The SMILES string of the molecule is CCN(CC1CCCCN1)c1nc(C)cs1. The molecular weight excluding hydrogens is 218 g/mol. The molecule has 0 amide bonds. The molecule has 0 radical (unpaired) electrons. The van der Waals surface area contributed by atoms with Crippen LogP contribution in [0.15, 0.2) is 5.38 Å². The van der Waals surface area contributed by atoms with Gasteiger partial charge in [0.15, 0.2) is 5.13 Å². The van der Waals surface area contributed by atoms with Crippen LogP contribution < -0.4 is 10.2 Å². The monoisotopic (exact) mass is 239 g/mol. The van der Waals surface area contributed by atoms with Crippen LogP contribution in [0.3, 0.4) is 0 Å². The van der Waals surface area contributed by atoms with Gasteiger partial charge < -0.3 is 10.2 Å². The Morgan fingerprint density at radius 3 is 3.00 bits per heavy atom. The van der Waals surface area contributed by atoms with Crippen molar-refractivity contribution in [2.75, 3.05) is 24.5 Å². The Morgan fingerprint density at radius 2 is 2.44 bits per heavy atom. The predicted molar refractivity (Wildman–Crippen MR) is 70.4 cm³/mol. The summed E-state index contributed by atoms with van der Waals surface area (Å²) in [6.45, 7) is 7.60. The quantitative estimate of drug-likeness (QED) is 0.874. The van der Waals surface area contributed by atoms with E-state index >= 15 is 0 Å². The number of thiazole rings is 1. The molecule has 2 rings (SSSR count). The van der Waals surface area contributed by atoms with Crippen molar-refractivity contribution in [2.45, 2.75) is 39.2 Å². The van der Waals surface area contributed by atoms with E-state index in [-0.39, 0.29) is 0 Å². The first kappa shape index (κ1) is 11.9. The summed E-state index contributed by atoms with van der Waals surface area (Å²) >= 11 is 1.76. The lowest BCUT2D eigenvalue weighted by Crippen LogP contribution is -2.43. The van der Waals surface area contributed by atoms with Gasteiger partial charge in [-0.1, -0.05) is 6.42 Å². The van der Waals surface area contributed by atoms with E-state index in [2.05, 4.69) is 34.4 Å². The Kier molecular flexibility index (Phi) is 4.18. The van der Waals surface area contributed by atoms with Crippen LogP contribution in [0.2, 0.25) is 0 Å². The van der Waals surface area contributed by atoms with Gasteiger partial charge in [0.2, 0.25) is 0 Å². The van der Waals surface area contributed by atoms with Gasteiger partial charge in [-0.3, -0.25) is 0 Å². The lowest BCUT2D eigenvalue weighted by Gasteiger charge is -2.29. The largest absolute Gasteiger partial charge is 0.347 e. The van der Waals surface area contributed by atoms with Gasteiger partial charge in [0.05, 0.1) is 5.69 Å². The molecule has 0 aliphatic carbocycles. The van der Waals surface area contributed by atoms with Gasteiger partial charge in [-0.05, 0) is 33.2 Å². The molecule has 3 nitrogen and oxygen atoms in total. The normalized spacial score (nSPS) is 21.0. The van der Waals surface area contributed by atoms with Crippen molar-refractivity contribution in [2.24, 2.45) is 0 Å². The second-order valence-electron chi connectivity index (χ2n) is 4.46. The average Bonchev–Trinajstić information content (AvgIpc) is 2.74. The molecule has 0 aromatic carbocycles. The maximum Gasteiger partial charge on any atom is 0.185 e. The van der Waals surface area contributed by atoms with E-state index in [9.17, 15) is 0 Å². The minimum Gasteiger partial charge on any atom is -0.347 e. The molecule has 1 aromatic heterocycles. The van der Waals surface area contributed by atoms with Crippen molar-refractivity contribution in [3.05, 3.63) is 11.1 Å². The lowest BCUT2D eigenvalue weighted by atomic mass is 10.0. The lowest BCUT2D eigenvalue weighted by molar-refractivity contribution is 0.400. The molecule has 0 spiro atoms. The number of aryl methyl sites for hydroxylation is 1. The highest BCUT2D eigenvalue weighted by molar-refractivity contribution is 7.13. The summed E-state index contributed by atoms with van der Waals surface area (Å²) in [4.78, 5) is 6.95. The molecular formula is C12H21N3S. The second-order valence-corrected chi connectivity index (χ2v) is 5.29. The van der Waals surface area contributed by atoms with E-state index in [0.29, 0.717) is 6.04 Å². The predicted octanol–water partition coefficient (Wildman–Crippen LogP) is 2.42. The summed E-state index contributed by atoms with van der Waals surface area (Å²) in [6, 6.07) is 0.651. The van der Waals surface area contributed by atoms with Crippen LogP contribution in [0.5, 0.6) is 0 Å². The van der Waals surface area contributed by atoms with Gasteiger partial charge >= 0.3 is 0 Å². The maximum absolute atomic E-state index is 4.56. The summed E-state index contributed by atoms with van der Waals surface area (Å²) in [7, 11) is 0. The fourth-order valence-electron chi connectivity index (χ4n) is 2.18. The van der Waals surface area contributed by atoms with Crippen LogP contribution >= 0.6 is 11.3 Å². The Bertz CT molecular complexity index is 318. The van der Waals surface area contributed by atoms with Crippen LogP contribution in [-0.4, -0.2) is 30.7 Å². The standard InChI is InChI=1S/C12H21N3S/c1-3-15(12-14-10(2)9-16-12)8-11-6-4-5-7-13-11/h9,11,13H,3-8H2,1-2H3. The van der Waals surface area contributed by atoms with E-state index < -0.39 is 0 Å². The van der Waals surface area contributed by atoms with Crippen molar-refractivity contribution >= 4 is 16.5 Å². The molecule has 16 heavy (non-hydrogen) atoms. The van der Waals surface area contributed by atoms with Gasteiger partial charge in [-0.25, -0.2) is 4.98 Å². The number of rotatable bonds is 4. The molecule has 1 unspecified atom stereocenters. The Hall–Kier alpha value is -0.610. The average molecular weight is 239 g/mol. The number of nitrogens with one attached hydrogen (secondary N) is 1. The van der Waals surface area contributed by atoms with Gasteiger partial charge in [0.25, 0.3) is 0 Å². The summed E-state index contributed by atoms with van der Waals surface area (Å²) in [5.74, 6) is 0. The van der Waals surface area contributed by atoms with Crippen molar-refractivity contribution in [3.63, 3.8) is 0 Å². The third-order valence-corrected chi connectivity index (χ3v) is 4.13. The van der Waals surface area contributed by atoms with Gasteiger partial charge in [0, 0.05) is 24.5 Å². The molecule has 1 aromatic rings. The highest BCUT2D eigenvalue weighted by Gasteiger charge is 2.17. The Labute approximate surface area is 102 Å². The molecule has 1 fully saturated rings. The molecule has 2 heterocycles. The smallest absolute Gasteiger partial charge is 0.185 e. The van der Waals surface area contributed by atoms with Crippen molar-refractivity contribution in [3.8, 4) is 0 Å². The first-order chi connectivity index (χ1) is 7.79. The summed E-state index contributed by atoms with van der Waals surface area (Å²) in [5, 5.41) is 6.90. The minimum absolute atomic E-state index is 0.651. The van der Waals surface area contributed by atoms with Gasteiger partial charge in [-0.15, -0.1) is 11.3 Å². The van der Waals surface area contributed by atoms with E-state index in [1.165, 1.54) is 30.9 Å². The highest BCUT2D eigenvalue weighted by atomic mass is 32.1. The fraction of sp³-hybridized carbons (Fsp3) is 0.750. The number of aromatic nitrogens is 1. The zero-order chi connectivity index (χ0) is 11.4. The molecule has 90 valence electrons. The first-order valence-electron chi connectivity index (χ1n) is 6.20. The number of likely N-dealkylation sites (N-methyl/N-ethyl adjacent to an activating group) is 1. The number of hydrogen-bond donors (Lipinski definition) is 1. The van der Waals surface area contributed by atoms with E-state index in [4.69, 9.17) is 0 Å². The maximum atomic E-state index is 4.56. The van der Waals surface area contributed by atoms with Gasteiger partial charge in [0.1, 0.15) is 0 Å². The third kappa shape index (κ3) is 2.95. The van der Waals surface area contributed by atoms with Crippen LogP contribution in [0, 0.1) is 6.92 Å². The molecule has 4 heteroatoms. The Morgan fingerprint density at radius 1 is 1.56 bits per heavy atom. The molecule has 0 bridgehead atoms. The van der Waals surface area contributed by atoms with Crippen LogP contribution in [0.25, 0.3) is 0 Å². The van der Waals surface area contributed by atoms with E-state index in [0.717, 1.165) is 18.8 Å². The Balaban J connectivity index is 1.94. The summed E-state index contributed by atoms with van der Waals surface area (Å²) in [6.07, 6.45) is 4.01. The summed E-state index contributed by atoms with van der Waals surface area (Å²) in [5.41, 5.74) is 1.13.